The largest absolute Gasteiger partial charge is 0.454 e. The molecular weight excluding hydrogens is 399 g/mol. The molecule has 2 aromatic heterocycles. The van der Waals surface area contributed by atoms with Crippen molar-refractivity contribution in [2.45, 2.75) is 18.4 Å². The molecule has 0 spiro atoms. The van der Waals surface area contributed by atoms with Crippen LogP contribution in [0.1, 0.15) is 28.4 Å². The van der Waals surface area contributed by atoms with Crippen molar-refractivity contribution in [3.63, 3.8) is 0 Å². The summed E-state index contributed by atoms with van der Waals surface area (Å²) >= 11 is 0. The molecule has 1 aliphatic carbocycles. The summed E-state index contributed by atoms with van der Waals surface area (Å²) in [5.74, 6) is -0.0520. The van der Waals surface area contributed by atoms with Gasteiger partial charge in [-0.1, -0.05) is 18.2 Å². The summed E-state index contributed by atoms with van der Waals surface area (Å²) in [5, 5.41) is 2.83. The molecule has 0 radical (unpaired) electrons. The minimum atomic E-state index is -0.672. The third-order valence-corrected chi connectivity index (χ3v) is 5.71. The van der Waals surface area contributed by atoms with E-state index >= 15 is 0 Å². The lowest BCUT2D eigenvalue weighted by Crippen LogP contribution is -2.48. The smallest absolute Gasteiger partial charge is 0.270 e. The Labute approximate surface area is 177 Å². The van der Waals surface area contributed by atoms with E-state index in [0.29, 0.717) is 5.82 Å². The fourth-order valence-electron chi connectivity index (χ4n) is 4.05. The molecule has 3 aromatic rings. The number of hydrogen-bond donors (Lipinski definition) is 1. The van der Waals surface area contributed by atoms with E-state index in [9.17, 15) is 14.0 Å². The fraction of sp³-hybridized carbons (Fsp3) is 0.217. The molecule has 1 aromatic carbocycles. The van der Waals surface area contributed by atoms with Crippen LogP contribution in [-0.4, -0.2) is 34.9 Å². The van der Waals surface area contributed by atoms with Gasteiger partial charge in [-0.25, -0.2) is 9.37 Å². The number of carbonyl (C=O) groups is 2. The number of ether oxygens (including phenoxy) is 1. The fourth-order valence-corrected chi connectivity index (χ4v) is 4.05. The van der Waals surface area contributed by atoms with Crippen molar-refractivity contribution in [3.8, 4) is 11.5 Å². The number of nitrogens with zero attached hydrogens (tertiary/aromatic N) is 3. The molecule has 0 bridgehead atoms. The lowest BCUT2D eigenvalue weighted by Gasteiger charge is -2.22. The highest BCUT2D eigenvalue weighted by atomic mass is 19.1. The number of amides is 2. The summed E-state index contributed by atoms with van der Waals surface area (Å²) in [6.45, 7) is 0. The van der Waals surface area contributed by atoms with Crippen molar-refractivity contribution in [1.82, 2.24) is 15.3 Å². The number of nitrogens with one attached hydrogen (secondary N) is 1. The number of rotatable bonds is 4. The van der Waals surface area contributed by atoms with Crippen LogP contribution in [0, 0.1) is 11.7 Å². The molecule has 2 aliphatic rings. The number of fused-ring (bicyclic) bond motifs is 3. The highest BCUT2D eigenvalue weighted by molar-refractivity contribution is 6.02. The molecule has 1 fully saturated rings. The topological polar surface area (TPSA) is 84.4 Å². The minimum Gasteiger partial charge on any atom is -0.454 e. The minimum absolute atomic E-state index is 0.0159. The highest BCUT2D eigenvalue weighted by Gasteiger charge is 2.52. The lowest BCUT2D eigenvalue weighted by molar-refractivity contribution is -0.120. The van der Waals surface area contributed by atoms with Crippen LogP contribution in [0.25, 0.3) is 0 Å². The maximum atomic E-state index is 13.9. The zero-order valence-electron chi connectivity index (χ0n) is 16.7. The van der Waals surface area contributed by atoms with Crippen molar-refractivity contribution in [2.24, 2.45) is 5.92 Å². The second-order valence-corrected chi connectivity index (χ2v) is 7.68. The number of halogens is 1. The molecule has 7 nitrogen and oxygen atoms in total. The Morgan fingerprint density at radius 1 is 1.16 bits per heavy atom. The summed E-state index contributed by atoms with van der Waals surface area (Å²) in [6.07, 6.45) is 3.88. The molecule has 0 saturated heterocycles. The van der Waals surface area contributed by atoms with Crippen molar-refractivity contribution in [3.05, 3.63) is 78.0 Å². The van der Waals surface area contributed by atoms with E-state index in [2.05, 4.69) is 15.3 Å². The molecule has 156 valence electrons. The number of benzene rings is 1. The zero-order chi connectivity index (χ0) is 21.5. The van der Waals surface area contributed by atoms with Crippen LogP contribution >= 0.6 is 0 Å². The predicted octanol–water partition coefficient (Wildman–Crippen LogP) is 3.29. The zero-order valence-corrected chi connectivity index (χ0v) is 16.7. The van der Waals surface area contributed by atoms with Gasteiger partial charge in [0.25, 0.3) is 11.8 Å². The Kier molecular flexibility index (Phi) is 4.62. The number of hydrogen-bond acceptors (Lipinski definition) is 5. The molecule has 1 aliphatic heterocycles. The summed E-state index contributed by atoms with van der Waals surface area (Å²) in [5.41, 5.74) is 1.11. The maximum Gasteiger partial charge on any atom is 0.270 e. The molecule has 5 rings (SSSR count). The molecule has 3 atom stereocenters. The average molecular weight is 418 g/mol. The first kappa shape index (κ1) is 19.2. The van der Waals surface area contributed by atoms with E-state index in [1.54, 1.807) is 25.4 Å². The molecule has 1 saturated carbocycles. The van der Waals surface area contributed by atoms with Gasteiger partial charge in [0.05, 0.1) is 0 Å². The van der Waals surface area contributed by atoms with Gasteiger partial charge < -0.3 is 10.1 Å². The van der Waals surface area contributed by atoms with E-state index in [4.69, 9.17) is 4.74 Å². The number of para-hydroxylation sites is 1. The molecule has 31 heavy (non-hydrogen) atoms. The monoisotopic (exact) mass is 418 g/mol. The molecule has 2 amide bonds. The summed E-state index contributed by atoms with van der Waals surface area (Å²) < 4.78 is 19.4. The van der Waals surface area contributed by atoms with Gasteiger partial charge in [0.1, 0.15) is 23.3 Å². The van der Waals surface area contributed by atoms with Crippen molar-refractivity contribution in [1.29, 1.82) is 0 Å². The molecule has 2 unspecified atom stereocenters. The third kappa shape index (κ3) is 3.50. The number of pyridine rings is 2. The van der Waals surface area contributed by atoms with Gasteiger partial charge >= 0.3 is 0 Å². The van der Waals surface area contributed by atoms with Crippen LogP contribution < -0.4 is 15.0 Å². The Bertz CT molecular complexity index is 1180. The summed E-state index contributed by atoms with van der Waals surface area (Å²) in [7, 11) is 1.67. The van der Waals surface area contributed by atoms with E-state index in [1.807, 2.05) is 12.1 Å². The Morgan fingerprint density at radius 2 is 2.00 bits per heavy atom. The first-order valence-corrected chi connectivity index (χ1v) is 9.94. The van der Waals surface area contributed by atoms with Gasteiger partial charge in [-0.3, -0.25) is 19.5 Å². The quantitative estimate of drug-likeness (QED) is 0.703. The maximum absolute atomic E-state index is 13.9. The molecule has 8 heteroatoms. The number of aromatic nitrogens is 2. The molecular formula is C23H19FN4O3. The van der Waals surface area contributed by atoms with Crippen LogP contribution in [0.4, 0.5) is 10.2 Å². The number of anilines is 1. The Balaban J connectivity index is 1.35. The van der Waals surface area contributed by atoms with E-state index in [1.165, 1.54) is 35.4 Å². The van der Waals surface area contributed by atoms with Crippen LogP contribution in [0.5, 0.6) is 11.5 Å². The van der Waals surface area contributed by atoms with Crippen molar-refractivity contribution in [2.75, 3.05) is 11.9 Å². The number of carbonyl (C=O) groups excluding carboxylic acids is 2. The van der Waals surface area contributed by atoms with Crippen molar-refractivity contribution >= 4 is 17.6 Å². The van der Waals surface area contributed by atoms with Gasteiger partial charge in [-0.2, -0.15) is 0 Å². The van der Waals surface area contributed by atoms with Gasteiger partial charge in [0.15, 0.2) is 11.6 Å². The standard InChI is InChI=1S/C23H19FN4O3/c1-28-21-14(5-4-9-26-21)15-12-16(15)20(23(28)30)27-22(29)18-11-13(8-10-25-18)31-19-7-3-2-6-17(19)24/h2-11,15-16,20H,12H2,1H3,(H,27,29)/t15?,16-,20?/m0/s1. The predicted molar refractivity (Wildman–Crippen MR) is 110 cm³/mol. The van der Waals surface area contributed by atoms with Gasteiger partial charge in [-0.15, -0.1) is 0 Å². The Hall–Kier alpha value is -3.81. The molecule has 1 N–H and O–H groups in total. The normalized spacial score (nSPS) is 21.5. The van der Waals surface area contributed by atoms with Gasteiger partial charge in [0, 0.05) is 25.5 Å². The number of likely N-dealkylation sites (N-methyl/N-ethyl adjacent to an activating group) is 1. The highest BCUT2D eigenvalue weighted by Crippen LogP contribution is 2.53. The summed E-state index contributed by atoms with van der Waals surface area (Å²) in [4.78, 5) is 35.9. The van der Waals surface area contributed by atoms with Gasteiger partial charge in [-0.05, 0) is 48.1 Å². The Morgan fingerprint density at radius 3 is 2.84 bits per heavy atom. The van der Waals surface area contributed by atoms with Crippen LogP contribution in [0.2, 0.25) is 0 Å². The third-order valence-electron chi connectivity index (χ3n) is 5.71. The van der Waals surface area contributed by atoms with Crippen LogP contribution in [0.15, 0.2) is 60.9 Å². The van der Waals surface area contributed by atoms with Crippen LogP contribution in [-0.2, 0) is 4.79 Å². The van der Waals surface area contributed by atoms with Crippen molar-refractivity contribution < 1.29 is 18.7 Å². The van der Waals surface area contributed by atoms with E-state index in [-0.39, 0.29) is 34.9 Å². The SMILES string of the molecule is CN1C(=O)C(NC(=O)c2cc(Oc3ccccc3F)ccn2)[C@H]2CC2c2cccnc21. The lowest BCUT2D eigenvalue weighted by atomic mass is 10.1. The second-order valence-electron chi connectivity index (χ2n) is 7.68. The average Bonchev–Trinajstić information content (AvgIpc) is 3.59. The second kappa shape index (κ2) is 7.46. The summed E-state index contributed by atoms with van der Waals surface area (Å²) in [6, 6.07) is 12.1. The van der Waals surface area contributed by atoms with E-state index < -0.39 is 17.8 Å². The first-order valence-electron chi connectivity index (χ1n) is 9.94. The van der Waals surface area contributed by atoms with Crippen LogP contribution in [0.3, 0.4) is 0 Å². The first-order chi connectivity index (χ1) is 15.0. The van der Waals surface area contributed by atoms with Gasteiger partial charge in [0.2, 0.25) is 0 Å². The molecule has 3 heterocycles. The van der Waals surface area contributed by atoms with E-state index in [0.717, 1.165) is 12.0 Å².